The minimum atomic E-state index is -1.42. The zero-order chi connectivity index (χ0) is 44.8. The zero-order valence-electron chi connectivity index (χ0n) is 35.7. The summed E-state index contributed by atoms with van der Waals surface area (Å²) in [6.07, 6.45) is 8.14. The first-order chi connectivity index (χ1) is 30.8. The van der Waals surface area contributed by atoms with Gasteiger partial charge in [-0.15, -0.1) is 0 Å². The fourth-order valence-electron chi connectivity index (χ4n) is 13.3. The molecule has 5 fully saturated rings. The number of aryl methyl sites for hydroxylation is 1. The van der Waals surface area contributed by atoms with Crippen LogP contribution in [0.25, 0.3) is 11.0 Å². The molecule has 10 rings (SSSR count). The molecule has 2 saturated carbocycles. The van der Waals surface area contributed by atoms with Gasteiger partial charge in [0.25, 0.3) is 0 Å². The number of carbonyl (C=O) groups excluding carboxylic acids is 5. The fraction of sp³-hybridized carbons (Fsp3) is 0.500. The number of likely N-dealkylation sites (tertiary alicyclic amines) is 2. The Morgan fingerprint density at radius 2 is 1.62 bits per heavy atom. The number of nitrogens with zero attached hydrogens (tertiary/aromatic N) is 4. The number of fused-ring (bicyclic) bond motifs is 4. The number of nitrogens with two attached hydrogens (primary N) is 1. The van der Waals surface area contributed by atoms with E-state index in [1.165, 1.54) is 10.6 Å². The highest BCUT2D eigenvalue weighted by Crippen LogP contribution is 2.67. The summed E-state index contributed by atoms with van der Waals surface area (Å²) < 4.78 is 19.6. The summed E-state index contributed by atoms with van der Waals surface area (Å²) in [5, 5.41) is 5.81. The van der Waals surface area contributed by atoms with Crippen LogP contribution in [0.3, 0.4) is 0 Å². The number of hydrogen-bond donors (Lipinski definition) is 3. The summed E-state index contributed by atoms with van der Waals surface area (Å²) in [7, 11) is 1.69. The van der Waals surface area contributed by atoms with E-state index in [4.69, 9.17) is 28.9 Å². The van der Waals surface area contributed by atoms with Gasteiger partial charge in [-0.1, -0.05) is 73.2 Å². The van der Waals surface area contributed by atoms with Crippen LogP contribution >= 0.6 is 23.2 Å². The van der Waals surface area contributed by atoms with Crippen LogP contribution in [-0.2, 0) is 36.4 Å². The van der Waals surface area contributed by atoms with Gasteiger partial charge in [0.2, 0.25) is 29.5 Å². The van der Waals surface area contributed by atoms with Crippen molar-refractivity contribution in [3.63, 3.8) is 0 Å². The number of carbonyl (C=O) groups is 5. The molecule has 336 valence electrons. The molecule has 0 radical (unpaired) electrons. The van der Waals surface area contributed by atoms with Gasteiger partial charge in [-0.25, -0.2) is 9.18 Å². The Morgan fingerprint density at radius 3 is 2.36 bits per heavy atom. The first kappa shape index (κ1) is 42.9. The van der Waals surface area contributed by atoms with Gasteiger partial charge >= 0.3 is 5.69 Å². The van der Waals surface area contributed by atoms with Gasteiger partial charge in [0.1, 0.15) is 17.3 Å². The highest BCUT2D eigenvalue weighted by molar-refractivity contribution is 6.31. The molecule has 5 amide bonds. The van der Waals surface area contributed by atoms with Crippen molar-refractivity contribution in [3.8, 4) is 0 Å². The van der Waals surface area contributed by atoms with Crippen molar-refractivity contribution in [3.05, 3.63) is 97.6 Å². The summed E-state index contributed by atoms with van der Waals surface area (Å²) in [6, 6.07) is 13.8. The molecular weight excluding hydrogens is 860 g/mol. The van der Waals surface area contributed by atoms with Crippen molar-refractivity contribution in [2.75, 3.05) is 18.4 Å². The first-order valence-corrected chi connectivity index (χ1v) is 23.5. The molecule has 16 heteroatoms. The molecule has 3 aromatic carbocycles. The van der Waals surface area contributed by atoms with Gasteiger partial charge in [-0.05, 0) is 104 Å². The van der Waals surface area contributed by atoms with E-state index in [-0.39, 0.29) is 64.7 Å². The van der Waals surface area contributed by atoms with Crippen LogP contribution in [0.1, 0.15) is 118 Å². The number of aromatic nitrogens is 2. The van der Waals surface area contributed by atoms with Crippen molar-refractivity contribution in [1.82, 2.24) is 24.3 Å². The number of anilines is 1. The number of amides is 5. The van der Waals surface area contributed by atoms with Crippen molar-refractivity contribution in [2.24, 2.45) is 18.7 Å². The van der Waals surface area contributed by atoms with Crippen LogP contribution in [0.5, 0.6) is 0 Å². The number of piperidine rings is 2. The van der Waals surface area contributed by atoms with Crippen molar-refractivity contribution in [2.45, 2.75) is 124 Å². The third-order valence-corrected chi connectivity index (χ3v) is 16.4. The van der Waals surface area contributed by atoms with Crippen LogP contribution in [0.15, 0.2) is 59.4 Å². The average molecular weight is 913 g/mol. The molecule has 5 unspecified atom stereocenters. The van der Waals surface area contributed by atoms with Crippen molar-refractivity contribution >= 4 is 69.5 Å². The fourth-order valence-corrected chi connectivity index (χ4v) is 13.6. The third-order valence-electron chi connectivity index (χ3n) is 15.9. The highest BCUT2D eigenvalue weighted by Gasteiger charge is 2.76. The van der Waals surface area contributed by atoms with Crippen molar-refractivity contribution in [1.29, 1.82) is 0 Å². The van der Waals surface area contributed by atoms with Gasteiger partial charge in [0.15, 0.2) is 0 Å². The Bertz CT molecular complexity index is 2690. The first-order valence-electron chi connectivity index (χ1n) is 22.7. The van der Waals surface area contributed by atoms with Gasteiger partial charge in [0.05, 0.1) is 22.1 Å². The molecular formula is C48H52Cl2FN7O6. The Labute approximate surface area is 379 Å². The number of imidazole rings is 1. The lowest BCUT2D eigenvalue weighted by Crippen LogP contribution is -2.64. The Kier molecular flexibility index (Phi) is 10.8. The molecule has 4 aromatic rings. The van der Waals surface area contributed by atoms with E-state index in [2.05, 4.69) is 15.5 Å². The molecule has 64 heavy (non-hydrogen) atoms. The maximum Gasteiger partial charge on any atom is 0.329 e. The van der Waals surface area contributed by atoms with Crippen LogP contribution < -0.4 is 22.1 Å². The van der Waals surface area contributed by atoms with E-state index < -0.39 is 46.6 Å². The van der Waals surface area contributed by atoms with E-state index >= 15 is 9.18 Å². The molecule has 5 heterocycles. The monoisotopic (exact) mass is 911 g/mol. The summed E-state index contributed by atoms with van der Waals surface area (Å²) in [5.41, 5.74) is 7.59. The largest absolute Gasteiger partial charge is 0.368 e. The summed E-state index contributed by atoms with van der Waals surface area (Å²) in [5.74, 6) is -3.60. The number of imide groups is 1. The van der Waals surface area contributed by atoms with Gasteiger partial charge in [-0.3, -0.25) is 43.3 Å². The van der Waals surface area contributed by atoms with Crippen LogP contribution in [0, 0.1) is 11.7 Å². The second-order valence-electron chi connectivity index (χ2n) is 19.0. The zero-order valence-corrected chi connectivity index (χ0v) is 37.2. The smallest absolute Gasteiger partial charge is 0.329 e. The highest BCUT2D eigenvalue weighted by atomic mass is 35.5. The molecule has 4 aliphatic heterocycles. The van der Waals surface area contributed by atoms with E-state index in [9.17, 15) is 24.0 Å². The molecule has 1 aromatic heterocycles. The maximum absolute atomic E-state index is 16.6. The molecule has 2 aliphatic carbocycles. The van der Waals surface area contributed by atoms with Crippen LogP contribution in [0.2, 0.25) is 10.0 Å². The number of primary amides is 1. The normalized spacial score (nSPS) is 28.5. The second-order valence-corrected chi connectivity index (χ2v) is 19.8. The number of benzene rings is 3. The molecule has 6 atom stereocenters. The lowest BCUT2D eigenvalue weighted by molar-refractivity contribution is -0.140. The molecule has 4 N–H and O–H groups in total. The van der Waals surface area contributed by atoms with Gasteiger partial charge < -0.3 is 16.0 Å². The van der Waals surface area contributed by atoms with Gasteiger partial charge in [-0.2, -0.15) is 0 Å². The SMILES string of the molecule is Cn1c(=O)n(C2CCC(=O)NC2=O)c2ccc(C3CCN(C(=O)C4CCCC(N5C(C(N)=O)C(c6cccc(Cl)c6F)[C@]6(C(=O)Nc7cc(Cl)ccc76)C56CCCCC6)C4)CC3)cc21. The average Bonchev–Trinajstić information content (AvgIpc) is 3.82. The topological polar surface area (TPSA) is 169 Å². The molecule has 13 nitrogen and oxygen atoms in total. The lowest BCUT2D eigenvalue weighted by atomic mass is 9.55. The molecule has 0 bridgehead atoms. The minimum absolute atomic E-state index is 0.0700. The minimum Gasteiger partial charge on any atom is -0.368 e. The number of halogens is 3. The Morgan fingerprint density at radius 1 is 0.859 bits per heavy atom. The molecule has 2 spiro atoms. The second kappa shape index (κ2) is 16.1. The Hall–Kier alpha value is -5.05. The van der Waals surface area contributed by atoms with E-state index in [1.54, 1.807) is 35.9 Å². The number of hydrogen-bond acceptors (Lipinski definition) is 7. The predicted molar refractivity (Wildman–Crippen MR) is 239 cm³/mol. The standard InChI is InChI=1S/C48H52Cl2FN7O6/c1-55-37-24-27(11-14-35(37)57(46(55)64)36-15-16-38(59)54-43(36)61)26-17-21-56(22-18-26)44(62)28-7-5-8-30(23-28)58-41(42(52)60)39(31-9-6-10-33(50)40(31)51)48(47(58)19-3-2-4-20-47)32-13-12-29(49)25-34(32)53-45(48)63/h6,9-14,24-26,28,30,36,39,41H,2-5,7-8,15-23H2,1H3,(H2,52,60)(H,53,63)(H,54,59,61)/t28?,30?,36?,39?,41?,48-/m1/s1. The van der Waals surface area contributed by atoms with E-state index in [1.807, 2.05) is 29.2 Å². The summed E-state index contributed by atoms with van der Waals surface area (Å²) >= 11 is 13.0. The molecule has 6 aliphatic rings. The quantitative estimate of drug-likeness (QED) is 0.184. The van der Waals surface area contributed by atoms with Crippen LogP contribution in [0.4, 0.5) is 10.1 Å². The summed E-state index contributed by atoms with van der Waals surface area (Å²) in [6.45, 7) is 1.10. The van der Waals surface area contributed by atoms with E-state index in [0.717, 1.165) is 44.1 Å². The maximum atomic E-state index is 16.6. The molecule has 3 saturated heterocycles. The van der Waals surface area contributed by atoms with Crippen LogP contribution in [-0.4, -0.2) is 79.2 Å². The summed E-state index contributed by atoms with van der Waals surface area (Å²) in [4.78, 5) is 86.1. The number of nitrogens with one attached hydrogen (secondary N) is 2. The third kappa shape index (κ3) is 6.40. The van der Waals surface area contributed by atoms with E-state index in [0.29, 0.717) is 72.5 Å². The number of rotatable bonds is 6. The predicted octanol–water partition coefficient (Wildman–Crippen LogP) is 6.57. The van der Waals surface area contributed by atoms with Gasteiger partial charge in [0, 0.05) is 60.7 Å². The van der Waals surface area contributed by atoms with Crippen molar-refractivity contribution < 1.29 is 28.4 Å². The Balaban J connectivity index is 0.937. The lowest BCUT2D eigenvalue weighted by Gasteiger charge is -2.54.